The minimum atomic E-state index is -0.914. The summed E-state index contributed by atoms with van der Waals surface area (Å²) in [6.45, 7) is 4.92. The number of aryl methyl sites for hydroxylation is 2. The molecule has 3 atom stereocenters. The van der Waals surface area contributed by atoms with Crippen LogP contribution in [0.25, 0.3) is 0 Å². The maximum absolute atomic E-state index is 13.9. The molecule has 5 nitrogen and oxygen atoms in total. The maximum atomic E-state index is 13.9. The molecule has 180 valence electrons. The van der Waals surface area contributed by atoms with E-state index in [0.29, 0.717) is 17.7 Å². The Hall–Kier alpha value is -2.35. The van der Waals surface area contributed by atoms with E-state index in [4.69, 9.17) is 9.84 Å². The number of nitrogens with zero attached hydrogens (tertiary/aromatic N) is 1. The Kier molecular flexibility index (Phi) is 8.95. The molecule has 1 aliphatic rings. The summed E-state index contributed by atoms with van der Waals surface area (Å²) in [5, 5.41) is 19.5. The largest absolute Gasteiger partial charge is 0.481 e. The lowest BCUT2D eigenvalue weighted by Gasteiger charge is -2.28. The zero-order valence-electron chi connectivity index (χ0n) is 19.3. The van der Waals surface area contributed by atoms with Crippen molar-refractivity contribution in [2.24, 2.45) is 0 Å². The molecule has 0 aromatic heterocycles. The molecular formula is C26H33F2NO4. The molecule has 2 aromatic carbocycles. The lowest BCUT2D eigenvalue weighted by molar-refractivity contribution is -0.136. The smallest absolute Gasteiger partial charge is 0.303 e. The first-order valence-corrected chi connectivity index (χ1v) is 11.5. The van der Waals surface area contributed by atoms with Crippen LogP contribution in [0.3, 0.4) is 0 Å². The molecule has 0 unspecified atom stereocenters. The van der Waals surface area contributed by atoms with Crippen LogP contribution >= 0.6 is 0 Å². The molecule has 1 fully saturated rings. The highest BCUT2D eigenvalue weighted by molar-refractivity contribution is 5.67. The standard InChI is InChI=1S/C26H33F2NO4/c1-17-5-6-19(13-25(17)28)12-22-4-3-11-29(22)15-23(30)16-33-18(2)24-14-21(27)9-7-20(24)8-10-26(31)32/h5-7,9,13-14,18,22-23,30H,3-4,8,10-12,15-16H2,1-2H3,(H,31,32)/t18-,22+,23+/m1/s1. The van der Waals surface area contributed by atoms with Crippen LogP contribution in [-0.4, -0.2) is 52.9 Å². The van der Waals surface area contributed by atoms with Gasteiger partial charge in [0.1, 0.15) is 11.6 Å². The van der Waals surface area contributed by atoms with Crippen molar-refractivity contribution in [3.63, 3.8) is 0 Å². The van der Waals surface area contributed by atoms with Crippen molar-refractivity contribution in [1.82, 2.24) is 4.90 Å². The van der Waals surface area contributed by atoms with E-state index in [0.717, 1.165) is 36.9 Å². The van der Waals surface area contributed by atoms with Crippen LogP contribution in [0.15, 0.2) is 36.4 Å². The highest BCUT2D eigenvalue weighted by Crippen LogP contribution is 2.25. The number of carbonyl (C=O) groups is 1. The molecule has 0 amide bonds. The summed E-state index contributed by atoms with van der Waals surface area (Å²) < 4.78 is 33.5. The van der Waals surface area contributed by atoms with Crippen LogP contribution in [0.5, 0.6) is 0 Å². The highest BCUT2D eigenvalue weighted by Gasteiger charge is 2.27. The second-order valence-corrected chi connectivity index (χ2v) is 8.94. The van der Waals surface area contributed by atoms with Gasteiger partial charge in [-0.3, -0.25) is 9.69 Å². The van der Waals surface area contributed by atoms with Gasteiger partial charge < -0.3 is 14.9 Å². The lowest BCUT2D eigenvalue weighted by Crippen LogP contribution is -2.39. The number of rotatable bonds is 11. The van der Waals surface area contributed by atoms with E-state index in [1.165, 1.54) is 12.1 Å². The van der Waals surface area contributed by atoms with E-state index in [9.17, 15) is 18.7 Å². The molecule has 0 spiro atoms. The summed E-state index contributed by atoms with van der Waals surface area (Å²) >= 11 is 0. The van der Waals surface area contributed by atoms with Crippen LogP contribution < -0.4 is 0 Å². The maximum Gasteiger partial charge on any atom is 0.303 e. The van der Waals surface area contributed by atoms with E-state index in [2.05, 4.69) is 4.90 Å². The van der Waals surface area contributed by atoms with Crippen LogP contribution in [0.1, 0.15) is 54.5 Å². The van der Waals surface area contributed by atoms with Gasteiger partial charge in [-0.05, 0) is 86.5 Å². The molecule has 3 rings (SSSR count). The summed E-state index contributed by atoms with van der Waals surface area (Å²) in [7, 11) is 0. The fourth-order valence-electron chi connectivity index (χ4n) is 4.48. The van der Waals surface area contributed by atoms with E-state index in [1.54, 1.807) is 32.0 Å². The second-order valence-electron chi connectivity index (χ2n) is 8.94. The summed E-state index contributed by atoms with van der Waals surface area (Å²) in [6, 6.07) is 9.86. The molecule has 1 aliphatic heterocycles. The minimum absolute atomic E-state index is 0.0464. The first kappa shape index (κ1) is 25.3. The second kappa shape index (κ2) is 11.7. The number of benzene rings is 2. The number of aliphatic hydroxyl groups is 1. The summed E-state index contributed by atoms with van der Waals surface area (Å²) in [4.78, 5) is 13.1. The van der Waals surface area contributed by atoms with E-state index >= 15 is 0 Å². The molecule has 1 heterocycles. The van der Waals surface area contributed by atoms with Crippen molar-refractivity contribution in [3.05, 3.63) is 70.3 Å². The van der Waals surface area contributed by atoms with Crippen LogP contribution in [0.4, 0.5) is 8.78 Å². The first-order chi connectivity index (χ1) is 15.7. The van der Waals surface area contributed by atoms with Crippen LogP contribution in [0, 0.1) is 18.6 Å². The molecule has 2 aromatic rings. The van der Waals surface area contributed by atoms with Gasteiger partial charge in [0.25, 0.3) is 0 Å². The Morgan fingerprint density at radius 3 is 2.76 bits per heavy atom. The Balaban J connectivity index is 1.54. The van der Waals surface area contributed by atoms with E-state index in [1.807, 2.05) is 6.07 Å². The number of hydrogen-bond acceptors (Lipinski definition) is 4. The van der Waals surface area contributed by atoms with Gasteiger partial charge in [-0.15, -0.1) is 0 Å². The molecule has 7 heteroatoms. The number of β-amino-alcohol motifs (C(OH)–C–C–N with tert-alkyl or cyclic N) is 1. The van der Waals surface area contributed by atoms with Gasteiger partial charge in [0, 0.05) is 19.0 Å². The Bertz CT molecular complexity index is 952. The average molecular weight is 462 g/mol. The number of aliphatic carboxylic acids is 1. The fourth-order valence-corrected chi connectivity index (χ4v) is 4.48. The molecule has 0 aliphatic carbocycles. The number of halogens is 2. The monoisotopic (exact) mass is 461 g/mol. The van der Waals surface area contributed by atoms with Crippen LogP contribution in [-0.2, 0) is 22.4 Å². The highest BCUT2D eigenvalue weighted by atomic mass is 19.1. The summed E-state index contributed by atoms with van der Waals surface area (Å²) in [5.74, 6) is -1.52. The third-order valence-corrected chi connectivity index (χ3v) is 6.34. The van der Waals surface area contributed by atoms with E-state index < -0.39 is 24.0 Å². The van der Waals surface area contributed by atoms with Crippen molar-refractivity contribution in [2.75, 3.05) is 19.7 Å². The number of aliphatic hydroxyl groups excluding tert-OH is 1. The Labute approximate surface area is 194 Å². The predicted molar refractivity (Wildman–Crippen MR) is 122 cm³/mol. The van der Waals surface area contributed by atoms with Crippen molar-refractivity contribution in [3.8, 4) is 0 Å². The number of ether oxygens (including phenoxy) is 1. The molecule has 0 radical (unpaired) electrons. The number of carboxylic acid groups (broad SMARTS) is 1. The third-order valence-electron chi connectivity index (χ3n) is 6.34. The van der Waals surface area contributed by atoms with Gasteiger partial charge in [0.05, 0.1) is 18.8 Å². The van der Waals surface area contributed by atoms with Crippen molar-refractivity contribution >= 4 is 5.97 Å². The van der Waals surface area contributed by atoms with Gasteiger partial charge in [-0.1, -0.05) is 18.2 Å². The quantitative estimate of drug-likeness (QED) is 0.518. The fraction of sp³-hybridized carbons (Fsp3) is 0.500. The third kappa shape index (κ3) is 7.32. The Morgan fingerprint density at radius 2 is 2.03 bits per heavy atom. The molecular weight excluding hydrogens is 428 g/mol. The summed E-state index contributed by atoms with van der Waals surface area (Å²) in [5.41, 5.74) is 2.91. The first-order valence-electron chi connectivity index (χ1n) is 11.5. The zero-order valence-corrected chi connectivity index (χ0v) is 19.3. The van der Waals surface area contributed by atoms with Crippen molar-refractivity contribution < 1.29 is 28.5 Å². The molecule has 2 N–H and O–H groups in total. The lowest BCUT2D eigenvalue weighted by atomic mass is 9.99. The van der Waals surface area contributed by atoms with Crippen molar-refractivity contribution in [2.45, 2.75) is 64.2 Å². The van der Waals surface area contributed by atoms with Gasteiger partial charge in [0.2, 0.25) is 0 Å². The van der Waals surface area contributed by atoms with Crippen LogP contribution in [0.2, 0.25) is 0 Å². The minimum Gasteiger partial charge on any atom is -0.481 e. The normalized spacial score (nSPS) is 18.4. The molecule has 1 saturated heterocycles. The predicted octanol–water partition coefficient (Wildman–Crippen LogP) is 4.44. The molecule has 0 saturated carbocycles. The zero-order chi connectivity index (χ0) is 24.0. The number of carboxylic acids is 1. The molecule has 33 heavy (non-hydrogen) atoms. The molecule has 0 bridgehead atoms. The van der Waals surface area contributed by atoms with Gasteiger partial charge in [-0.2, -0.15) is 0 Å². The average Bonchev–Trinajstić information content (AvgIpc) is 3.19. The Morgan fingerprint density at radius 1 is 1.24 bits per heavy atom. The summed E-state index contributed by atoms with van der Waals surface area (Å²) in [6.07, 6.45) is 1.79. The van der Waals surface area contributed by atoms with Crippen molar-refractivity contribution in [1.29, 1.82) is 0 Å². The SMILES string of the molecule is Cc1ccc(C[C@@H]2CCCN2C[C@H](O)CO[C@H](C)c2cc(F)ccc2CCC(=O)O)cc1F. The topological polar surface area (TPSA) is 70.0 Å². The number of hydrogen-bond donors (Lipinski definition) is 2. The number of likely N-dealkylation sites (tertiary alicyclic amines) is 1. The van der Waals surface area contributed by atoms with E-state index in [-0.39, 0.29) is 31.3 Å². The van der Waals surface area contributed by atoms with Gasteiger partial charge in [0.15, 0.2) is 0 Å². The van der Waals surface area contributed by atoms with Gasteiger partial charge >= 0.3 is 5.97 Å². The van der Waals surface area contributed by atoms with Gasteiger partial charge in [-0.25, -0.2) is 8.78 Å².